The molecule has 0 aliphatic rings. The molecule has 1 amide bonds. The third-order valence-electron chi connectivity index (χ3n) is 3.47. The first-order valence-corrected chi connectivity index (χ1v) is 7.01. The lowest BCUT2D eigenvalue weighted by molar-refractivity contribution is 0.102. The van der Waals surface area contributed by atoms with Crippen LogP contribution in [0.2, 0.25) is 0 Å². The zero-order chi connectivity index (χ0) is 16.4. The molecule has 1 aromatic carbocycles. The number of carbonyl (C=O) groups is 1. The summed E-state index contributed by atoms with van der Waals surface area (Å²) in [5.74, 6) is 1.04. The van der Waals surface area contributed by atoms with Crippen LogP contribution in [-0.4, -0.2) is 15.9 Å². The van der Waals surface area contributed by atoms with Crippen LogP contribution < -0.4 is 5.32 Å². The van der Waals surface area contributed by atoms with Crippen LogP contribution in [0, 0.1) is 25.2 Å². The summed E-state index contributed by atoms with van der Waals surface area (Å²) in [6.45, 7) is 3.76. The number of nitrogens with zero attached hydrogens (tertiary/aromatic N) is 2. The van der Waals surface area contributed by atoms with Crippen LogP contribution in [0.15, 0.2) is 40.9 Å². The number of anilines is 1. The molecule has 3 rings (SSSR count). The summed E-state index contributed by atoms with van der Waals surface area (Å²) >= 11 is 0. The number of benzene rings is 1. The Hall–Kier alpha value is -3.33. The van der Waals surface area contributed by atoms with Crippen molar-refractivity contribution in [1.29, 1.82) is 5.26 Å². The van der Waals surface area contributed by atoms with Gasteiger partial charge in [-0.3, -0.25) is 4.79 Å². The Morgan fingerprint density at radius 3 is 2.61 bits per heavy atom. The van der Waals surface area contributed by atoms with Gasteiger partial charge in [-0.05, 0) is 44.2 Å². The van der Waals surface area contributed by atoms with Gasteiger partial charge in [0.25, 0.3) is 5.91 Å². The van der Waals surface area contributed by atoms with Gasteiger partial charge < -0.3 is 14.7 Å². The summed E-state index contributed by atoms with van der Waals surface area (Å²) < 4.78 is 5.57. The molecule has 114 valence electrons. The van der Waals surface area contributed by atoms with E-state index in [1.807, 2.05) is 32.0 Å². The van der Waals surface area contributed by atoms with Crippen LogP contribution in [0.5, 0.6) is 0 Å². The van der Waals surface area contributed by atoms with E-state index in [1.165, 1.54) is 12.3 Å². The van der Waals surface area contributed by atoms with E-state index in [0.29, 0.717) is 22.8 Å². The molecule has 6 heteroatoms. The molecule has 23 heavy (non-hydrogen) atoms. The Labute approximate surface area is 132 Å². The average Bonchev–Trinajstić information content (AvgIpc) is 3.15. The number of hydrogen-bond donors (Lipinski definition) is 2. The lowest BCUT2D eigenvalue weighted by Crippen LogP contribution is -2.11. The zero-order valence-electron chi connectivity index (χ0n) is 12.7. The molecular weight excluding hydrogens is 292 g/mol. The van der Waals surface area contributed by atoms with Crippen molar-refractivity contribution < 1.29 is 9.21 Å². The standard InChI is InChI=1S/C17H14N4O2/c1-10-11(2)23-17(20-10)13-3-5-14(6-4-13)21-16(22)15-7-12(8-18)9-19-15/h3-7,9,19H,1-2H3,(H,21,22). The summed E-state index contributed by atoms with van der Waals surface area (Å²) in [6.07, 6.45) is 1.49. The van der Waals surface area contributed by atoms with E-state index < -0.39 is 0 Å². The minimum atomic E-state index is -0.304. The minimum absolute atomic E-state index is 0.304. The van der Waals surface area contributed by atoms with E-state index in [2.05, 4.69) is 15.3 Å². The number of hydrogen-bond acceptors (Lipinski definition) is 4. The topological polar surface area (TPSA) is 94.7 Å². The van der Waals surface area contributed by atoms with Gasteiger partial charge in [-0.2, -0.15) is 5.26 Å². The Bertz CT molecular complexity index is 878. The highest BCUT2D eigenvalue weighted by atomic mass is 16.4. The molecule has 6 nitrogen and oxygen atoms in total. The van der Waals surface area contributed by atoms with E-state index >= 15 is 0 Å². The molecule has 0 aliphatic heterocycles. The molecule has 0 aliphatic carbocycles. The highest BCUT2D eigenvalue weighted by Gasteiger charge is 2.11. The van der Waals surface area contributed by atoms with Gasteiger partial charge in [0, 0.05) is 17.4 Å². The number of oxazole rings is 1. The molecule has 3 aromatic rings. The molecule has 0 saturated heterocycles. The van der Waals surface area contributed by atoms with Crippen LogP contribution in [0.3, 0.4) is 0 Å². The molecule has 2 aromatic heterocycles. The summed E-state index contributed by atoms with van der Waals surface area (Å²) in [5.41, 5.74) is 3.10. The van der Waals surface area contributed by atoms with Gasteiger partial charge in [0.15, 0.2) is 0 Å². The second-order valence-corrected chi connectivity index (χ2v) is 5.11. The monoisotopic (exact) mass is 306 g/mol. The molecule has 0 bridgehead atoms. The van der Waals surface area contributed by atoms with Gasteiger partial charge >= 0.3 is 0 Å². The van der Waals surface area contributed by atoms with E-state index in [1.54, 1.807) is 12.1 Å². The second-order valence-electron chi connectivity index (χ2n) is 5.11. The number of aryl methyl sites for hydroxylation is 2. The number of nitriles is 1. The first-order chi connectivity index (χ1) is 11.1. The fraction of sp³-hybridized carbons (Fsp3) is 0.118. The fourth-order valence-electron chi connectivity index (χ4n) is 2.08. The molecule has 0 radical (unpaired) electrons. The molecule has 2 heterocycles. The maximum absolute atomic E-state index is 12.1. The van der Waals surface area contributed by atoms with Crippen molar-refractivity contribution in [3.8, 4) is 17.5 Å². The molecular formula is C17H14N4O2. The third kappa shape index (κ3) is 2.99. The summed E-state index contributed by atoms with van der Waals surface area (Å²) in [7, 11) is 0. The number of aromatic amines is 1. The number of aromatic nitrogens is 2. The lowest BCUT2D eigenvalue weighted by atomic mass is 10.2. The predicted octanol–water partition coefficient (Wildman–Crippen LogP) is 3.41. The third-order valence-corrected chi connectivity index (χ3v) is 3.47. The number of amides is 1. The highest BCUT2D eigenvalue weighted by Crippen LogP contribution is 2.23. The van der Waals surface area contributed by atoms with E-state index in [0.717, 1.165) is 17.0 Å². The number of nitrogens with one attached hydrogen (secondary N) is 2. The maximum Gasteiger partial charge on any atom is 0.272 e. The summed E-state index contributed by atoms with van der Waals surface area (Å²) in [5, 5.41) is 11.5. The molecule has 0 spiro atoms. The summed E-state index contributed by atoms with van der Waals surface area (Å²) in [6, 6.07) is 10.7. The van der Waals surface area contributed by atoms with Crippen LogP contribution in [-0.2, 0) is 0 Å². The van der Waals surface area contributed by atoms with Crippen LogP contribution in [0.1, 0.15) is 27.5 Å². The Kier molecular flexibility index (Phi) is 3.69. The second kappa shape index (κ2) is 5.81. The Morgan fingerprint density at radius 1 is 1.30 bits per heavy atom. The quantitative estimate of drug-likeness (QED) is 0.775. The summed E-state index contributed by atoms with van der Waals surface area (Å²) in [4.78, 5) is 19.2. The normalized spacial score (nSPS) is 10.3. The van der Waals surface area contributed by atoms with Crippen molar-refractivity contribution in [3.05, 3.63) is 59.2 Å². The Morgan fingerprint density at radius 2 is 2.04 bits per heavy atom. The largest absolute Gasteiger partial charge is 0.441 e. The fourth-order valence-corrected chi connectivity index (χ4v) is 2.08. The van der Waals surface area contributed by atoms with E-state index in [4.69, 9.17) is 9.68 Å². The number of carbonyl (C=O) groups excluding carboxylic acids is 1. The SMILES string of the molecule is Cc1nc(-c2ccc(NC(=O)c3cc(C#N)c[nH]3)cc2)oc1C. The van der Waals surface area contributed by atoms with Gasteiger partial charge in [0.2, 0.25) is 5.89 Å². The molecule has 2 N–H and O–H groups in total. The molecule has 0 fully saturated rings. The zero-order valence-corrected chi connectivity index (χ0v) is 12.7. The van der Waals surface area contributed by atoms with Gasteiger partial charge in [-0.25, -0.2) is 4.98 Å². The van der Waals surface area contributed by atoms with Crippen molar-refractivity contribution in [2.45, 2.75) is 13.8 Å². The lowest BCUT2D eigenvalue weighted by Gasteiger charge is -2.04. The van der Waals surface area contributed by atoms with Crippen molar-refractivity contribution in [2.75, 3.05) is 5.32 Å². The van der Waals surface area contributed by atoms with Crippen LogP contribution in [0.25, 0.3) is 11.5 Å². The highest BCUT2D eigenvalue weighted by molar-refractivity contribution is 6.03. The van der Waals surface area contributed by atoms with Crippen molar-refractivity contribution in [2.24, 2.45) is 0 Å². The van der Waals surface area contributed by atoms with Gasteiger partial charge in [0.05, 0.1) is 11.3 Å². The average molecular weight is 306 g/mol. The van der Waals surface area contributed by atoms with Crippen LogP contribution >= 0.6 is 0 Å². The molecule has 0 saturated carbocycles. The maximum atomic E-state index is 12.1. The van der Waals surface area contributed by atoms with Gasteiger partial charge in [-0.1, -0.05) is 0 Å². The molecule has 0 atom stereocenters. The number of rotatable bonds is 3. The van der Waals surface area contributed by atoms with Crippen molar-refractivity contribution >= 4 is 11.6 Å². The molecule has 0 unspecified atom stereocenters. The van der Waals surface area contributed by atoms with E-state index in [-0.39, 0.29) is 5.91 Å². The van der Waals surface area contributed by atoms with Gasteiger partial charge in [-0.15, -0.1) is 0 Å². The minimum Gasteiger partial charge on any atom is -0.441 e. The first-order valence-electron chi connectivity index (χ1n) is 7.01. The predicted molar refractivity (Wildman–Crippen MR) is 84.9 cm³/mol. The van der Waals surface area contributed by atoms with Gasteiger partial charge in [0.1, 0.15) is 17.5 Å². The number of H-pyrrole nitrogens is 1. The van der Waals surface area contributed by atoms with Crippen molar-refractivity contribution in [3.63, 3.8) is 0 Å². The first kappa shape index (κ1) is 14.6. The van der Waals surface area contributed by atoms with Crippen LogP contribution in [0.4, 0.5) is 5.69 Å². The smallest absolute Gasteiger partial charge is 0.272 e. The van der Waals surface area contributed by atoms with E-state index in [9.17, 15) is 4.79 Å². The Balaban J connectivity index is 1.74. The van der Waals surface area contributed by atoms with Crippen molar-refractivity contribution in [1.82, 2.24) is 9.97 Å².